The number of nitrogen functional groups attached to an aromatic ring is 1. The molecule has 1 aromatic heterocycles. The van der Waals surface area contributed by atoms with Crippen LogP contribution >= 0.6 is 0 Å². The molecule has 1 atom stereocenters. The quantitative estimate of drug-likeness (QED) is 0.777. The molecule has 0 radical (unpaired) electrons. The molecule has 0 aliphatic carbocycles. The molecule has 1 aliphatic heterocycles. The van der Waals surface area contributed by atoms with E-state index in [4.69, 9.17) is 5.73 Å². The lowest BCUT2D eigenvalue weighted by molar-refractivity contribution is 0.317. The van der Waals surface area contributed by atoms with Crippen LogP contribution in [0.4, 0.5) is 11.8 Å². The topological polar surface area (TPSA) is 58.3 Å². The molecule has 1 aromatic carbocycles. The van der Waals surface area contributed by atoms with Crippen LogP contribution in [0.15, 0.2) is 43.0 Å². The zero-order valence-electron chi connectivity index (χ0n) is 15.9. The number of nitrogens with zero attached hydrogens (tertiary/aromatic N) is 4. The second-order valence-electron chi connectivity index (χ2n) is 7.22. The predicted octanol–water partition coefficient (Wildman–Crippen LogP) is 3.05. The summed E-state index contributed by atoms with van der Waals surface area (Å²) in [5.41, 5.74) is 9.34. The van der Waals surface area contributed by atoms with Gasteiger partial charge in [-0.15, -0.1) is 6.58 Å². The van der Waals surface area contributed by atoms with E-state index < -0.39 is 0 Å². The van der Waals surface area contributed by atoms with E-state index in [1.165, 1.54) is 12.0 Å². The molecule has 5 heteroatoms. The van der Waals surface area contributed by atoms with E-state index in [1.807, 2.05) is 13.0 Å². The van der Waals surface area contributed by atoms with Crippen LogP contribution in [0.5, 0.6) is 0 Å². The smallest absolute Gasteiger partial charge is 0.222 e. The molecule has 26 heavy (non-hydrogen) atoms. The number of hydrogen-bond donors (Lipinski definition) is 1. The Hall–Kier alpha value is -2.40. The van der Waals surface area contributed by atoms with Crippen LogP contribution in [0.2, 0.25) is 0 Å². The van der Waals surface area contributed by atoms with Crippen LogP contribution in [0, 0.1) is 12.8 Å². The van der Waals surface area contributed by atoms with E-state index in [0.29, 0.717) is 11.9 Å². The SMILES string of the molecule is C=CCc1c(C)nc(N)nc1N(C)CC1CCN(Cc2ccccc2)C1. The van der Waals surface area contributed by atoms with Gasteiger partial charge in [0.15, 0.2) is 0 Å². The van der Waals surface area contributed by atoms with Crippen LogP contribution in [0.3, 0.4) is 0 Å². The van der Waals surface area contributed by atoms with Gasteiger partial charge >= 0.3 is 0 Å². The first-order chi connectivity index (χ1) is 12.6. The standard InChI is InChI=1S/C21H29N5/c1-4-8-19-16(2)23-21(22)24-20(19)25(3)13-18-11-12-26(15-18)14-17-9-6-5-7-10-17/h4-7,9-10,18H,1,8,11-15H2,2-3H3,(H2,22,23,24). The maximum atomic E-state index is 5.90. The molecule has 1 aliphatic rings. The molecule has 1 unspecified atom stereocenters. The number of benzene rings is 1. The average Bonchev–Trinajstić information content (AvgIpc) is 3.04. The van der Waals surface area contributed by atoms with E-state index in [9.17, 15) is 0 Å². The van der Waals surface area contributed by atoms with Gasteiger partial charge in [-0.25, -0.2) is 4.98 Å². The monoisotopic (exact) mass is 351 g/mol. The molecular weight excluding hydrogens is 322 g/mol. The maximum Gasteiger partial charge on any atom is 0.222 e. The summed E-state index contributed by atoms with van der Waals surface area (Å²) in [6, 6.07) is 10.7. The lowest BCUT2D eigenvalue weighted by atomic mass is 10.1. The van der Waals surface area contributed by atoms with Gasteiger partial charge in [-0.3, -0.25) is 4.90 Å². The van der Waals surface area contributed by atoms with Crippen molar-refractivity contribution in [1.29, 1.82) is 0 Å². The van der Waals surface area contributed by atoms with E-state index in [-0.39, 0.29) is 0 Å². The summed E-state index contributed by atoms with van der Waals surface area (Å²) in [5, 5.41) is 0. The molecular formula is C21H29N5. The number of aromatic nitrogens is 2. The van der Waals surface area contributed by atoms with Crippen LogP contribution in [0.25, 0.3) is 0 Å². The summed E-state index contributed by atoms with van der Waals surface area (Å²) in [6.45, 7) is 10.1. The molecule has 2 heterocycles. The van der Waals surface area contributed by atoms with Crippen molar-refractivity contribution in [1.82, 2.24) is 14.9 Å². The lowest BCUT2D eigenvalue weighted by Gasteiger charge is -2.25. The molecule has 0 amide bonds. The van der Waals surface area contributed by atoms with Crippen molar-refractivity contribution >= 4 is 11.8 Å². The molecule has 0 bridgehead atoms. The maximum absolute atomic E-state index is 5.90. The average molecular weight is 351 g/mol. The van der Waals surface area contributed by atoms with E-state index in [0.717, 1.165) is 49.7 Å². The Labute approximate surface area is 156 Å². The minimum absolute atomic E-state index is 0.342. The summed E-state index contributed by atoms with van der Waals surface area (Å²) in [6.07, 6.45) is 3.88. The van der Waals surface area contributed by atoms with Gasteiger partial charge in [0.05, 0.1) is 0 Å². The molecule has 3 rings (SSSR count). The predicted molar refractivity (Wildman–Crippen MR) is 108 cm³/mol. The Morgan fingerprint density at radius 1 is 1.31 bits per heavy atom. The highest BCUT2D eigenvalue weighted by molar-refractivity contribution is 5.52. The van der Waals surface area contributed by atoms with Gasteiger partial charge in [0.1, 0.15) is 5.82 Å². The van der Waals surface area contributed by atoms with Gasteiger partial charge in [0.2, 0.25) is 5.95 Å². The largest absolute Gasteiger partial charge is 0.368 e. The van der Waals surface area contributed by atoms with Gasteiger partial charge in [-0.05, 0) is 37.8 Å². The number of anilines is 2. The number of likely N-dealkylation sites (tertiary alicyclic amines) is 1. The summed E-state index contributed by atoms with van der Waals surface area (Å²) < 4.78 is 0. The number of hydrogen-bond acceptors (Lipinski definition) is 5. The fourth-order valence-electron chi connectivity index (χ4n) is 3.82. The molecule has 1 fully saturated rings. The Balaban J connectivity index is 1.64. The van der Waals surface area contributed by atoms with Crippen LogP contribution < -0.4 is 10.6 Å². The number of allylic oxidation sites excluding steroid dienone is 1. The number of nitrogens with two attached hydrogens (primary N) is 1. The van der Waals surface area contributed by atoms with E-state index >= 15 is 0 Å². The van der Waals surface area contributed by atoms with E-state index in [2.05, 4.69) is 63.7 Å². The second kappa shape index (κ2) is 8.32. The highest BCUT2D eigenvalue weighted by atomic mass is 15.2. The fraction of sp³-hybridized carbons (Fsp3) is 0.429. The Kier molecular flexibility index (Phi) is 5.89. The lowest BCUT2D eigenvalue weighted by Crippen LogP contribution is -2.30. The Morgan fingerprint density at radius 2 is 2.08 bits per heavy atom. The van der Waals surface area contributed by atoms with Crippen molar-refractivity contribution in [2.45, 2.75) is 26.3 Å². The van der Waals surface area contributed by atoms with Crippen molar-refractivity contribution in [2.75, 3.05) is 37.3 Å². The van der Waals surface area contributed by atoms with Crippen molar-refractivity contribution in [3.63, 3.8) is 0 Å². The van der Waals surface area contributed by atoms with Crippen molar-refractivity contribution < 1.29 is 0 Å². The first kappa shape index (κ1) is 18.4. The van der Waals surface area contributed by atoms with Crippen molar-refractivity contribution in [2.24, 2.45) is 5.92 Å². The van der Waals surface area contributed by atoms with E-state index in [1.54, 1.807) is 0 Å². The number of rotatable bonds is 7. The summed E-state index contributed by atoms with van der Waals surface area (Å²) in [7, 11) is 2.10. The molecule has 0 saturated carbocycles. The highest BCUT2D eigenvalue weighted by Crippen LogP contribution is 2.25. The van der Waals surface area contributed by atoms with Crippen molar-refractivity contribution in [3.8, 4) is 0 Å². The van der Waals surface area contributed by atoms with Gasteiger partial charge in [0.25, 0.3) is 0 Å². The van der Waals surface area contributed by atoms with Crippen LogP contribution in [-0.2, 0) is 13.0 Å². The molecule has 2 aromatic rings. The zero-order chi connectivity index (χ0) is 18.5. The molecule has 5 nitrogen and oxygen atoms in total. The third-order valence-electron chi connectivity index (χ3n) is 5.07. The third kappa shape index (κ3) is 4.41. The molecule has 1 saturated heterocycles. The second-order valence-corrected chi connectivity index (χ2v) is 7.22. The summed E-state index contributed by atoms with van der Waals surface area (Å²) >= 11 is 0. The normalized spacial score (nSPS) is 17.4. The first-order valence-electron chi connectivity index (χ1n) is 9.28. The minimum atomic E-state index is 0.342. The first-order valence-corrected chi connectivity index (χ1v) is 9.28. The van der Waals surface area contributed by atoms with Gasteiger partial charge in [-0.2, -0.15) is 4.98 Å². The Morgan fingerprint density at radius 3 is 2.81 bits per heavy atom. The summed E-state index contributed by atoms with van der Waals surface area (Å²) in [5.74, 6) is 1.92. The highest BCUT2D eigenvalue weighted by Gasteiger charge is 2.25. The summed E-state index contributed by atoms with van der Waals surface area (Å²) in [4.78, 5) is 13.6. The van der Waals surface area contributed by atoms with Gasteiger partial charge < -0.3 is 10.6 Å². The van der Waals surface area contributed by atoms with Gasteiger partial charge in [-0.1, -0.05) is 36.4 Å². The molecule has 0 spiro atoms. The number of aryl methyl sites for hydroxylation is 1. The Bertz CT molecular complexity index is 744. The molecule has 2 N–H and O–H groups in total. The minimum Gasteiger partial charge on any atom is -0.368 e. The third-order valence-corrected chi connectivity index (χ3v) is 5.07. The zero-order valence-corrected chi connectivity index (χ0v) is 15.9. The molecule has 138 valence electrons. The van der Waals surface area contributed by atoms with Crippen LogP contribution in [0.1, 0.15) is 23.2 Å². The van der Waals surface area contributed by atoms with Crippen molar-refractivity contribution in [3.05, 3.63) is 59.8 Å². The fourth-order valence-corrected chi connectivity index (χ4v) is 3.82. The van der Waals surface area contributed by atoms with Crippen LogP contribution in [-0.4, -0.2) is 41.5 Å². The van der Waals surface area contributed by atoms with Gasteiger partial charge in [0, 0.05) is 37.9 Å².